The third kappa shape index (κ3) is 9.44. The molecule has 0 radical (unpaired) electrons. The monoisotopic (exact) mass is 508 g/mol. The first-order valence-corrected chi connectivity index (χ1v) is 13.9. The fourth-order valence-electron chi connectivity index (χ4n) is 5.18. The molecule has 2 aromatic carbocycles. The lowest BCUT2D eigenvalue weighted by molar-refractivity contribution is 0.0519. The molecular formula is C31H48N4O2. The van der Waals surface area contributed by atoms with Gasteiger partial charge < -0.3 is 15.4 Å². The predicted octanol–water partition coefficient (Wildman–Crippen LogP) is 5.64. The number of ether oxygens (including phenoxy) is 1. The van der Waals surface area contributed by atoms with Crippen molar-refractivity contribution in [2.45, 2.75) is 71.2 Å². The van der Waals surface area contributed by atoms with E-state index >= 15 is 0 Å². The minimum Gasteiger partial charge on any atom is -0.444 e. The number of nitrogens with one attached hydrogen (secondary N) is 2. The number of hydrogen-bond acceptors (Lipinski definition) is 5. The molecule has 4 atom stereocenters. The SMILES string of the molecule is CC(c1ccccc1)N1CCC(CNC(=O)OC(C)(C)C)C1.CNC1CCN(C(C)c2ccccc2)C1. The van der Waals surface area contributed by atoms with Crippen molar-refractivity contribution in [3.8, 4) is 0 Å². The summed E-state index contributed by atoms with van der Waals surface area (Å²) in [5.74, 6) is 0.499. The number of amides is 1. The largest absolute Gasteiger partial charge is 0.444 e. The number of hydrogen-bond donors (Lipinski definition) is 2. The number of likely N-dealkylation sites (tertiary alicyclic amines) is 2. The highest BCUT2D eigenvalue weighted by Crippen LogP contribution is 2.27. The maximum atomic E-state index is 11.7. The van der Waals surface area contributed by atoms with E-state index in [9.17, 15) is 4.79 Å². The van der Waals surface area contributed by atoms with Gasteiger partial charge in [0.15, 0.2) is 0 Å². The van der Waals surface area contributed by atoms with Crippen LogP contribution in [0.3, 0.4) is 0 Å². The van der Waals surface area contributed by atoms with Crippen LogP contribution in [0, 0.1) is 5.92 Å². The van der Waals surface area contributed by atoms with Crippen LogP contribution in [-0.4, -0.2) is 67.3 Å². The molecule has 2 fully saturated rings. The van der Waals surface area contributed by atoms with Gasteiger partial charge in [0.2, 0.25) is 0 Å². The van der Waals surface area contributed by atoms with Gasteiger partial charge in [0.05, 0.1) is 0 Å². The Labute approximate surface area is 224 Å². The molecule has 2 saturated heterocycles. The van der Waals surface area contributed by atoms with Crippen molar-refractivity contribution in [3.05, 3.63) is 71.8 Å². The second-order valence-corrected chi connectivity index (χ2v) is 11.5. The van der Waals surface area contributed by atoms with Crippen LogP contribution in [0.4, 0.5) is 4.79 Å². The zero-order valence-electron chi connectivity index (χ0n) is 23.7. The highest BCUT2D eigenvalue weighted by atomic mass is 16.6. The Morgan fingerprint density at radius 3 is 1.89 bits per heavy atom. The van der Waals surface area contributed by atoms with Crippen LogP contribution in [0.25, 0.3) is 0 Å². The first-order chi connectivity index (χ1) is 17.7. The fourth-order valence-corrected chi connectivity index (χ4v) is 5.18. The molecule has 2 aliphatic heterocycles. The second-order valence-electron chi connectivity index (χ2n) is 11.5. The van der Waals surface area contributed by atoms with Crippen molar-refractivity contribution in [3.63, 3.8) is 0 Å². The summed E-state index contributed by atoms with van der Waals surface area (Å²) in [6.07, 6.45) is 2.07. The van der Waals surface area contributed by atoms with Crippen molar-refractivity contribution >= 4 is 6.09 Å². The number of nitrogens with zero attached hydrogens (tertiary/aromatic N) is 2. The van der Waals surface area contributed by atoms with Gasteiger partial charge in [-0.2, -0.15) is 0 Å². The summed E-state index contributed by atoms with van der Waals surface area (Å²) in [4.78, 5) is 16.7. The minimum absolute atomic E-state index is 0.318. The molecule has 0 bridgehead atoms. The highest BCUT2D eigenvalue weighted by molar-refractivity contribution is 5.67. The van der Waals surface area contributed by atoms with Gasteiger partial charge >= 0.3 is 6.09 Å². The van der Waals surface area contributed by atoms with Gasteiger partial charge in [-0.1, -0.05) is 60.7 Å². The van der Waals surface area contributed by atoms with Gasteiger partial charge in [0.1, 0.15) is 5.60 Å². The predicted molar refractivity (Wildman–Crippen MR) is 153 cm³/mol. The lowest BCUT2D eigenvalue weighted by Gasteiger charge is -2.25. The highest BCUT2D eigenvalue weighted by Gasteiger charge is 2.28. The molecule has 2 aliphatic rings. The number of carbonyl (C=O) groups excluding carboxylic acids is 1. The third-order valence-corrected chi connectivity index (χ3v) is 7.54. The lowest BCUT2D eigenvalue weighted by atomic mass is 10.1. The maximum Gasteiger partial charge on any atom is 0.407 e. The quantitative estimate of drug-likeness (QED) is 0.507. The van der Waals surface area contributed by atoms with E-state index < -0.39 is 5.60 Å². The smallest absolute Gasteiger partial charge is 0.407 e. The lowest BCUT2D eigenvalue weighted by Crippen LogP contribution is -2.36. The standard InChI is InChI=1S/C18H28N2O2.C13H20N2/c1-14(16-8-6-5-7-9-16)20-11-10-15(13-20)12-19-17(21)22-18(2,3)4;1-11(12-6-4-3-5-7-12)15-9-8-13(10-15)14-2/h5-9,14-15H,10-13H2,1-4H3,(H,19,21);3-7,11,13-14H,8-10H2,1-2H3. The molecule has 204 valence electrons. The normalized spacial score (nSPS) is 22.1. The Bertz CT molecular complexity index is 931. The topological polar surface area (TPSA) is 56.8 Å². The Morgan fingerprint density at radius 2 is 1.41 bits per heavy atom. The first kappa shape index (κ1) is 29.2. The average molecular weight is 509 g/mol. The summed E-state index contributed by atoms with van der Waals surface area (Å²) in [6.45, 7) is 15.4. The van der Waals surface area contributed by atoms with Crippen molar-refractivity contribution in [1.29, 1.82) is 0 Å². The molecule has 2 aromatic rings. The van der Waals surface area contributed by atoms with E-state index in [0.717, 1.165) is 19.5 Å². The van der Waals surface area contributed by atoms with Crippen molar-refractivity contribution in [1.82, 2.24) is 20.4 Å². The summed E-state index contributed by atoms with van der Waals surface area (Å²) in [5, 5.41) is 6.25. The number of likely N-dealkylation sites (N-methyl/N-ethyl adjacent to an activating group) is 1. The van der Waals surface area contributed by atoms with E-state index in [4.69, 9.17) is 4.74 Å². The van der Waals surface area contributed by atoms with Crippen LogP contribution < -0.4 is 10.6 Å². The van der Waals surface area contributed by atoms with Crippen molar-refractivity contribution in [2.75, 3.05) is 39.8 Å². The molecule has 4 rings (SSSR count). The van der Waals surface area contributed by atoms with Gasteiger partial charge in [-0.05, 0) is 78.1 Å². The van der Waals surface area contributed by atoms with Crippen LogP contribution >= 0.6 is 0 Å². The number of carbonyl (C=O) groups is 1. The van der Waals surface area contributed by atoms with E-state index in [1.807, 2.05) is 26.8 Å². The molecule has 6 heteroatoms. The summed E-state index contributed by atoms with van der Waals surface area (Å²) in [7, 11) is 2.06. The molecule has 2 N–H and O–H groups in total. The van der Waals surface area contributed by atoms with E-state index in [0.29, 0.717) is 30.6 Å². The first-order valence-electron chi connectivity index (χ1n) is 13.9. The minimum atomic E-state index is -0.437. The molecule has 37 heavy (non-hydrogen) atoms. The summed E-state index contributed by atoms with van der Waals surface area (Å²) >= 11 is 0. The molecule has 1 amide bonds. The van der Waals surface area contributed by atoms with E-state index in [2.05, 4.69) is 95.9 Å². The zero-order chi connectivity index (χ0) is 26.8. The van der Waals surface area contributed by atoms with Crippen LogP contribution in [0.5, 0.6) is 0 Å². The van der Waals surface area contributed by atoms with Crippen LogP contribution in [0.15, 0.2) is 60.7 Å². The Balaban J connectivity index is 0.000000220. The Morgan fingerprint density at radius 1 is 0.892 bits per heavy atom. The summed E-state index contributed by atoms with van der Waals surface area (Å²) in [6, 6.07) is 23.0. The van der Waals surface area contributed by atoms with Gasteiger partial charge in [-0.3, -0.25) is 9.80 Å². The molecule has 0 spiro atoms. The van der Waals surface area contributed by atoms with Crippen LogP contribution in [0.1, 0.15) is 70.7 Å². The fraction of sp³-hybridized carbons (Fsp3) is 0.581. The Kier molecular flexibility index (Phi) is 11.0. The number of alkyl carbamates (subject to hydrolysis) is 1. The Hall–Kier alpha value is -2.41. The summed E-state index contributed by atoms with van der Waals surface area (Å²) < 4.78 is 5.28. The molecule has 0 saturated carbocycles. The number of rotatable bonds is 7. The maximum absolute atomic E-state index is 11.7. The molecule has 2 heterocycles. The van der Waals surface area contributed by atoms with E-state index in [1.54, 1.807) is 0 Å². The summed E-state index contributed by atoms with van der Waals surface area (Å²) in [5.41, 5.74) is 2.34. The molecule has 6 nitrogen and oxygen atoms in total. The molecule has 4 unspecified atom stereocenters. The third-order valence-electron chi connectivity index (χ3n) is 7.54. The van der Waals surface area contributed by atoms with E-state index in [-0.39, 0.29) is 6.09 Å². The van der Waals surface area contributed by atoms with Gasteiger partial charge in [-0.25, -0.2) is 4.79 Å². The van der Waals surface area contributed by atoms with Crippen molar-refractivity contribution in [2.24, 2.45) is 5.92 Å². The number of benzene rings is 2. The van der Waals surface area contributed by atoms with E-state index in [1.165, 1.54) is 30.6 Å². The second kappa shape index (κ2) is 13.9. The average Bonchev–Trinajstić information content (AvgIpc) is 3.57. The van der Waals surface area contributed by atoms with Crippen LogP contribution in [0.2, 0.25) is 0 Å². The van der Waals surface area contributed by atoms with Gasteiger partial charge in [-0.15, -0.1) is 0 Å². The van der Waals surface area contributed by atoms with Gasteiger partial charge in [0, 0.05) is 44.3 Å². The van der Waals surface area contributed by atoms with Crippen LogP contribution in [-0.2, 0) is 4.74 Å². The molecule has 0 aliphatic carbocycles. The molecular weight excluding hydrogens is 460 g/mol. The molecule has 0 aromatic heterocycles. The zero-order valence-corrected chi connectivity index (χ0v) is 23.7. The van der Waals surface area contributed by atoms with Crippen molar-refractivity contribution < 1.29 is 9.53 Å². The van der Waals surface area contributed by atoms with Gasteiger partial charge in [0.25, 0.3) is 0 Å².